The summed E-state index contributed by atoms with van der Waals surface area (Å²) in [5, 5.41) is 0. The van der Waals surface area contributed by atoms with E-state index in [1.165, 1.54) is 5.56 Å². The first-order chi connectivity index (χ1) is 11.5. The Balaban J connectivity index is 2.18. The molecule has 0 spiro atoms. The molecular weight excluding hydrogens is 298 g/mol. The van der Waals surface area contributed by atoms with Gasteiger partial charge in [-0.1, -0.05) is 36.4 Å². The molecular formula is C20H27N3O. The molecule has 128 valence electrons. The van der Waals surface area contributed by atoms with Crippen LogP contribution in [0.25, 0.3) is 0 Å². The zero-order chi connectivity index (χ0) is 17.5. The molecule has 0 unspecified atom stereocenters. The first kappa shape index (κ1) is 18.1. The molecule has 0 aliphatic heterocycles. The second kappa shape index (κ2) is 8.60. The summed E-state index contributed by atoms with van der Waals surface area (Å²) >= 11 is 0. The van der Waals surface area contributed by atoms with Crippen molar-refractivity contribution in [3.63, 3.8) is 0 Å². The van der Waals surface area contributed by atoms with Crippen LogP contribution in [0.5, 0.6) is 0 Å². The van der Waals surface area contributed by atoms with Gasteiger partial charge in [-0.15, -0.1) is 0 Å². The number of amides is 1. The van der Waals surface area contributed by atoms with Crippen LogP contribution in [0.4, 0.5) is 0 Å². The van der Waals surface area contributed by atoms with Gasteiger partial charge in [0.05, 0.1) is 6.04 Å². The third-order valence-corrected chi connectivity index (χ3v) is 4.16. The summed E-state index contributed by atoms with van der Waals surface area (Å²) in [6.07, 6.45) is 4.29. The molecule has 4 heteroatoms. The first-order valence-electron chi connectivity index (χ1n) is 8.38. The van der Waals surface area contributed by atoms with Crippen LogP contribution < -0.4 is 0 Å². The second-order valence-corrected chi connectivity index (χ2v) is 6.59. The largest absolute Gasteiger partial charge is 0.335 e. The maximum absolute atomic E-state index is 13.2. The molecule has 0 N–H and O–H groups in total. The summed E-state index contributed by atoms with van der Waals surface area (Å²) in [4.78, 5) is 21.3. The Morgan fingerprint density at radius 2 is 1.71 bits per heavy atom. The van der Waals surface area contributed by atoms with E-state index in [2.05, 4.69) is 31.0 Å². The molecule has 1 aromatic heterocycles. The Morgan fingerprint density at radius 1 is 1.04 bits per heavy atom. The highest BCUT2D eigenvalue weighted by atomic mass is 16.2. The maximum atomic E-state index is 13.2. The smallest absolute Gasteiger partial charge is 0.240 e. The van der Waals surface area contributed by atoms with Crippen LogP contribution in [0.2, 0.25) is 0 Å². The molecule has 1 amide bonds. The van der Waals surface area contributed by atoms with Crippen molar-refractivity contribution < 1.29 is 4.79 Å². The number of carbonyl (C=O) groups is 1. The molecule has 0 aliphatic carbocycles. The van der Waals surface area contributed by atoms with E-state index in [1.807, 2.05) is 60.4 Å². The third-order valence-electron chi connectivity index (χ3n) is 4.16. The Bertz CT molecular complexity index is 570. The highest BCUT2D eigenvalue weighted by molar-refractivity contribution is 5.82. The summed E-state index contributed by atoms with van der Waals surface area (Å²) in [7, 11) is 3.93. The quantitative estimate of drug-likeness (QED) is 0.785. The second-order valence-electron chi connectivity index (χ2n) is 6.59. The maximum Gasteiger partial charge on any atom is 0.240 e. The average molecular weight is 325 g/mol. The van der Waals surface area contributed by atoms with Crippen molar-refractivity contribution in [1.29, 1.82) is 0 Å². The minimum absolute atomic E-state index is 0.135. The van der Waals surface area contributed by atoms with Crippen LogP contribution in [-0.4, -0.2) is 46.9 Å². The van der Waals surface area contributed by atoms with E-state index >= 15 is 0 Å². The average Bonchev–Trinajstić information content (AvgIpc) is 2.58. The normalized spacial score (nSPS) is 12.4. The van der Waals surface area contributed by atoms with Crippen LogP contribution in [0.3, 0.4) is 0 Å². The van der Waals surface area contributed by atoms with E-state index in [0.29, 0.717) is 13.0 Å². The summed E-state index contributed by atoms with van der Waals surface area (Å²) in [5.74, 6) is 0.155. The molecule has 0 aliphatic rings. The lowest BCUT2D eigenvalue weighted by Crippen LogP contribution is -2.49. The lowest BCUT2D eigenvalue weighted by atomic mass is 10.0. The van der Waals surface area contributed by atoms with Crippen molar-refractivity contribution in [3.8, 4) is 0 Å². The zero-order valence-corrected chi connectivity index (χ0v) is 15.0. The number of aromatic nitrogens is 1. The molecule has 2 rings (SSSR count). The monoisotopic (exact) mass is 325 g/mol. The topological polar surface area (TPSA) is 36.4 Å². The standard InChI is InChI=1S/C20H27N3O/c1-16(2)23(15-18-11-8-12-21-14-18)20(24)19(22(3)4)13-17-9-6-5-7-10-17/h5-12,14,16,19H,13,15H2,1-4H3/t19-/m1/s1. The van der Waals surface area contributed by atoms with Gasteiger partial charge in [0.15, 0.2) is 0 Å². The Hall–Kier alpha value is -2.20. The summed E-state index contributed by atoms with van der Waals surface area (Å²) in [6, 6.07) is 14.1. The summed E-state index contributed by atoms with van der Waals surface area (Å²) < 4.78 is 0. The molecule has 0 bridgehead atoms. The van der Waals surface area contributed by atoms with E-state index in [-0.39, 0.29) is 18.0 Å². The fraction of sp³-hybridized carbons (Fsp3) is 0.400. The number of hydrogen-bond donors (Lipinski definition) is 0. The third kappa shape index (κ3) is 4.90. The Morgan fingerprint density at radius 3 is 2.25 bits per heavy atom. The van der Waals surface area contributed by atoms with Crippen LogP contribution in [0, 0.1) is 0 Å². The van der Waals surface area contributed by atoms with Gasteiger partial charge in [0, 0.05) is 25.0 Å². The van der Waals surface area contributed by atoms with E-state index in [0.717, 1.165) is 5.56 Å². The van der Waals surface area contributed by atoms with Gasteiger partial charge in [-0.25, -0.2) is 0 Å². The van der Waals surface area contributed by atoms with E-state index in [1.54, 1.807) is 6.20 Å². The van der Waals surface area contributed by atoms with Gasteiger partial charge in [0.25, 0.3) is 0 Å². The van der Waals surface area contributed by atoms with Crippen molar-refractivity contribution in [2.75, 3.05) is 14.1 Å². The van der Waals surface area contributed by atoms with Crippen molar-refractivity contribution in [2.45, 2.75) is 38.9 Å². The summed E-state index contributed by atoms with van der Waals surface area (Å²) in [6.45, 7) is 4.70. The van der Waals surface area contributed by atoms with Gasteiger partial charge in [-0.3, -0.25) is 14.7 Å². The van der Waals surface area contributed by atoms with Gasteiger partial charge >= 0.3 is 0 Å². The molecule has 1 heterocycles. The Kier molecular flexibility index (Phi) is 6.50. The number of nitrogens with zero attached hydrogens (tertiary/aromatic N) is 3. The molecule has 1 atom stereocenters. The molecule has 2 aromatic rings. The minimum atomic E-state index is -0.175. The molecule has 0 saturated carbocycles. The number of benzene rings is 1. The van der Waals surface area contributed by atoms with Gasteiger partial charge in [0.1, 0.15) is 0 Å². The number of pyridine rings is 1. The van der Waals surface area contributed by atoms with E-state index in [4.69, 9.17) is 0 Å². The number of carbonyl (C=O) groups excluding carboxylic acids is 1. The van der Waals surface area contributed by atoms with Crippen molar-refractivity contribution in [1.82, 2.24) is 14.8 Å². The van der Waals surface area contributed by atoms with Crippen LogP contribution in [0.1, 0.15) is 25.0 Å². The number of rotatable bonds is 7. The number of hydrogen-bond acceptors (Lipinski definition) is 3. The first-order valence-corrected chi connectivity index (χ1v) is 8.38. The molecule has 0 saturated heterocycles. The lowest BCUT2D eigenvalue weighted by Gasteiger charge is -2.33. The van der Waals surface area contributed by atoms with E-state index in [9.17, 15) is 4.79 Å². The fourth-order valence-electron chi connectivity index (χ4n) is 2.72. The molecule has 24 heavy (non-hydrogen) atoms. The van der Waals surface area contributed by atoms with Crippen molar-refractivity contribution in [2.24, 2.45) is 0 Å². The molecule has 1 aromatic carbocycles. The highest BCUT2D eigenvalue weighted by Crippen LogP contribution is 2.14. The predicted octanol–water partition coefficient (Wildman–Crippen LogP) is 2.99. The highest BCUT2D eigenvalue weighted by Gasteiger charge is 2.28. The van der Waals surface area contributed by atoms with Crippen molar-refractivity contribution in [3.05, 3.63) is 66.0 Å². The van der Waals surface area contributed by atoms with Gasteiger partial charge in [-0.2, -0.15) is 0 Å². The molecule has 0 fully saturated rings. The molecule has 4 nitrogen and oxygen atoms in total. The predicted molar refractivity (Wildman–Crippen MR) is 97.5 cm³/mol. The zero-order valence-electron chi connectivity index (χ0n) is 15.0. The fourth-order valence-corrected chi connectivity index (χ4v) is 2.72. The van der Waals surface area contributed by atoms with Crippen LogP contribution in [-0.2, 0) is 17.8 Å². The van der Waals surface area contributed by atoms with Crippen LogP contribution in [0.15, 0.2) is 54.9 Å². The SMILES string of the molecule is CC(C)N(Cc1cccnc1)C(=O)[C@@H](Cc1ccccc1)N(C)C. The molecule has 0 radical (unpaired) electrons. The van der Waals surface area contributed by atoms with Gasteiger partial charge < -0.3 is 4.90 Å². The van der Waals surface area contributed by atoms with Gasteiger partial charge in [-0.05, 0) is 51.6 Å². The van der Waals surface area contributed by atoms with Gasteiger partial charge in [0.2, 0.25) is 5.91 Å². The van der Waals surface area contributed by atoms with E-state index < -0.39 is 0 Å². The summed E-state index contributed by atoms with van der Waals surface area (Å²) in [5.41, 5.74) is 2.23. The minimum Gasteiger partial charge on any atom is -0.335 e. The van der Waals surface area contributed by atoms with Crippen LogP contribution >= 0.6 is 0 Å². The number of likely N-dealkylation sites (N-methyl/N-ethyl adjacent to an activating group) is 1. The Labute approximate surface area is 145 Å². The van der Waals surface area contributed by atoms with Crippen molar-refractivity contribution >= 4 is 5.91 Å². The lowest BCUT2D eigenvalue weighted by molar-refractivity contribution is -0.138.